The van der Waals surface area contributed by atoms with Crippen molar-refractivity contribution >= 4 is 17.7 Å². The molecule has 1 aromatic heterocycles. The lowest BCUT2D eigenvalue weighted by atomic mass is 10.1. The lowest BCUT2D eigenvalue weighted by molar-refractivity contribution is -0.119. The second-order valence-electron chi connectivity index (χ2n) is 4.70. The van der Waals surface area contributed by atoms with Gasteiger partial charge in [-0.2, -0.15) is 0 Å². The fourth-order valence-corrected chi connectivity index (χ4v) is 2.51. The summed E-state index contributed by atoms with van der Waals surface area (Å²) >= 11 is 1.34. The number of carbonyl (C=O) groups excluding carboxylic acids is 1. The lowest BCUT2D eigenvalue weighted by Gasteiger charge is -2.14. The van der Waals surface area contributed by atoms with Crippen LogP contribution in [0.2, 0.25) is 0 Å². The van der Waals surface area contributed by atoms with Gasteiger partial charge in [-0.15, -0.1) is 0 Å². The van der Waals surface area contributed by atoms with Gasteiger partial charge >= 0.3 is 0 Å². The summed E-state index contributed by atoms with van der Waals surface area (Å²) in [6.45, 7) is 4.12. The van der Waals surface area contributed by atoms with Crippen molar-refractivity contribution in [1.29, 1.82) is 0 Å². The van der Waals surface area contributed by atoms with Gasteiger partial charge in [-0.05, 0) is 30.5 Å². The van der Waals surface area contributed by atoms with Crippen LogP contribution in [-0.2, 0) is 11.2 Å². The molecule has 0 aliphatic heterocycles. The summed E-state index contributed by atoms with van der Waals surface area (Å²) in [5, 5.41) is 3.61. The Bertz CT molecular complexity index is 572. The van der Waals surface area contributed by atoms with Crippen LogP contribution in [0.15, 0.2) is 47.9 Å². The van der Waals surface area contributed by atoms with Gasteiger partial charge < -0.3 is 5.32 Å². The Balaban J connectivity index is 1.83. The highest BCUT2D eigenvalue weighted by Crippen LogP contribution is 2.15. The summed E-state index contributed by atoms with van der Waals surface area (Å²) < 4.78 is 0. The minimum atomic E-state index is -0.0143. The van der Waals surface area contributed by atoms with Gasteiger partial charge in [0.1, 0.15) is 0 Å². The maximum absolute atomic E-state index is 11.9. The number of thioether (sulfide) groups is 1. The summed E-state index contributed by atoms with van der Waals surface area (Å²) in [5.41, 5.74) is 2.41. The largest absolute Gasteiger partial charge is 0.349 e. The summed E-state index contributed by atoms with van der Waals surface area (Å²) in [6.07, 6.45) is 4.37. The molecule has 1 heterocycles. The van der Waals surface area contributed by atoms with Crippen molar-refractivity contribution in [2.45, 2.75) is 31.5 Å². The minimum Gasteiger partial charge on any atom is -0.349 e. The predicted molar refractivity (Wildman–Crippen MR) is 85.1 cm³/mol. The van der Waals surface area contributed by atoms with Crippen molar-refractivity contribution < 1.29 is 4.79 Å². The zero-order valence-electron chi connectivity index (χ0n) is 12.2. The molecule has 0 radical (unpaired) electrons. The van der Waals surface area contributed by atoms with Gasteiger partial charge in [-0.25, -0.2) is 9.97 Å². The van der Waals surface area contributed by atoms with Gasteiger partial charge in [0.15, 0.2) is 5.16 Å². The third-order valence-corrected chi connectivity index (χ3v) is 4.02. The molecule has 0 bridgehead atoms. The van der Waals surface area contributed by atoms with E-state index in [0.29, 0.717) is 10.9 Å². The summed E-state index contributed by atoms with van der Waals surface area (Å²) in [7, 11) is 0. The second kappa shape index (κ2) is 7.78. The number of benzene rings is 1. The Hall–Kier alpha value is -1.88. The molecule has 110 valence electrons. The number of nitrogens with one attached hydrogen (secondary N) is 1. The van der Waals surface area contributed by atoms with Crippen LogP contribution in [0, 0.1) is 0 Å². The van der Waals surface area contributed by atoms with Gasteiger partial charge in [0, 0.05) is 12.4 Å². The van der Waals surface area contributed by atoms with Crippen LogP contribution in [0.25, 0.3) is 0 Å². The molecule has 0 fully saturated rings. The van der Waals surface area contributed by atoms with E-state index in [1.807, 2.05) is 6.92 Å². The smallest absolute Gasteiger partial charge is 0.230 e. The Morgan fingerprint density at radius 1 is 1.24 bits per heavy atom. The standard InChI is InChI=1S/C16H19N3OS/c1-3-13-5-7-14(8-6-13)12(2)19-15(20)11-21-16-17-9-4-10-18-16/h4-10,12H,3,11H2,1-2H3,(H,19,20)/t12-/m1/s1. The van der Waals surface area contributed by atoms with Crippen LogP contribution in [0.1, 0.15) is 31.0 Å². The van der Waals surface area contributed by atoms with Crippen molar-refractivity contribution in [2.75, 3.05) is 5.75 Å². The van der Waals surface area contributed by atoms with Crippen LogP contribution in [0.3, 0.4) is 0 Å². The SMILES string of the molecule is CCc1ccc([C@@H](C)NC(=O)CSc2ncccn2)cc1. The maximum Gasteiger partial charge on any atom is 0.230 e. The Labute approximate surface area is 129 Å². The fourth-order valence-electron chi connectivity index (χ4n) is 1.90. The quantitative estimate of drug-likeness (QED) is 0.658. The Morgan fingerprint density at radius 2 is 1.90 bits per heavy atom. The molecule has 0 aliphatic carbocycles. The fraction of sp³-hybridized carbons (Fsp3) is 0.312. The van der Waals surface area contributed by atoms with Gasteiger partial charge in [0.05, 0.1) is 11.8 Å². The van der Waals surface area contributed by atoms with Crippen molar-refractivity contribution in [3.8, 4) is 0 Å². The van der Waals surface area contributed by atoms with E-state index in [1.54, 1.807) is 18.5 Å². The first-order valence-electron chi connectivity index (χ1n) is 6.97. The molecule has 0 aliphatic rings. The molecule has 0 unspecified atom stereocenters. The molecule has 5 heteroatoms. The van der Waals surface area contributed by atoms with Crippen LogP contribution in [-0.4, -0.2) is 21.6 Å². The number of hydrogen-bond acceptors (Lipinski definition) is 4. The normalized spacial score (nSPS) is 11.9. The first kappa shape index (κ1) is 15.5. The predicted octanol–water partition coefficient (Wildman–Crippen LogP) is 3.01. The Morgan fingerprint density at radius 3 is 2.52 bits per heavy atom. The number of hydrogen-bond donors (Lipinski definition) is 1. The minimum absolute atomic E-state index is 0.000646. The van der Waals surface area contributed by atoms with Crippen molar-refractivity contribution in [1.82, 2.24) is 15.3 Å². The first-order valence-corrected chi connectivity index (χ1v) is 7.95. The molecule has 1 amide bonds. The van der Waals surface area contributed by atoms with Gasteiger partial charge in [0.2, 0.25) is 5.91 Å². The molecule has 21 heavy (non-hydrogen) atoms. The highest BCUT2D eigenvalue weighted by Gasteiger charge is 2.10. The summed E-state index contributed by atoms with van der Waals surface area (Å²) in [5.74, 6) is 0.306. The first-order chi connectivity index (χ1) is 10.2. The molecule has 1 atom stereocenters. The lowest BCUT2D eigenvalue weighted by Crippen LogP contribution is -2.28. The molecule has 2 rings (SSSR count). The van der Waals surface area contributed by atoms with E-state index in [0.717, 1.165) is 12.0 Å². The molecule has 0 spiro atoms. The molecular weight excluding hydrogens is 282 g/mol. The highest BCUT2D eigenvalue weighted by atomic mass is 32.2. The monoisotopic (exact) mass is 301 g/mol. The van der Waals surface area contributed by atoms with Crippen molar-refractivity contribution in [3.63, 3.8) is 0 Å². The number of amides is 1. The molecule has 4 nitrogen and oxygen atoms in total. The molecule has 1 N–H and O–H groups in total. The third kappa shape index (κ3) is 4.86. The zero-order valence-corrected chi connectivity index (χ0v) is 13.1. The van der Waals surface area contributed by atoms with E-state index in [1.165, 1.54) is 17.3 Å². The van der Waals surface area contributed by atoms with Crippen LogP contribution >= 0.6 is 11.8 Å². The van der Waals surface area contributed by atoms with E-state index < -0.39 is 0 Å². The number of rotatable bonds is 6. The second-order valence-corrected chi connectivity index (χ2v) is 5.65. The molecule has 1 aromatic carbocycles. The third-order valence-electron chi connectivity index (χ3n) is 3.14. The van der Waals surface area contributed by atoms with Crippen LogP contribution in [0.5, 0.6) is 0 Å². The average molecular weight is 301 g/mol. The average Bonchev–Trinajstić information content (AvgIpc) is 2.54. The number of carbonyl (C=O) groups is 1. The van der Waals surface area contributed by atoms with Crippen molar-refractivity contribution in [2.24, 2.45) is 0 Å². The topological polar surface area (TPSA) is 54.9 Å². The highest BCUT2D eigenvalue weighted by molar-refractivity contribution is 7.99. The number of nitrogens with zero attached hydrogens (tertiary/aromatic N) is 2. The zero-order chi connectivity index (χ0) is 15.1. The van der Waals surface area contributed by atoms with Gasteiger partial charge in [-0.1, -0.05) is 43.0 Å². The summed E-state index contributed by atoms with van der Waals surface area (Å²) in [6, 6.07) is 10.1. The number of aromatic nitrogens is 2. The molecule has 0 saturated carbocycles. The van der Waals surface area contributed by atoms with Gasteiger partial charge in [0.25, 0.3) is 0 Å². The Kier molecular flexibility index (Phi) is 5.75. The molecule has 2 aromatic rings. The van der Waals surface area contributed by atoms with E-state index in [9.17, 15) is 4.79 Å². The van der Waals surface area contributed by atoms with E-state index in [4.69, 9.17) is 0 Å². The molecule has 0 saturated heterocycles. The number of aryl methyl sites for hydroxylation is 1. The summed E-state index contributed by atoms with van der Waals surface area (Å²) in [4.78, 5) is 20.1. The van der Waals surface area contributed by atoms with Crippen LogP contribution < -0.4 is 5.32 Å². The van der Waals surface area contributed by atoms with Crippen LogP contribution in [0.4, 0.5) is 0 Å². The van der Waals surface area contributed by atoms with E-state index >= 15 is 0 Å². The molecular formula is C16H19N3OS. The maximum atomic E-state index is 11.9. The van der Waals surface area contributed by atoms with Gasteiger partial charge in [-0.3, -0.25) is 4.79 Å². The van der Waals surface area contributed by atoms with E-state index in [2.05, 4.69) is 46.5 Å². The van der Waals surface area contributed by atoms with E-state index in [-0.39, 0.29) is 11.9 Å². The van der Waals surface area contributed by atoms with Crippen molar-refractivity contribution in [3.05, 3.63) is 53.9 Å².